The van der Waals surface area contributed by atoms with E-state index in [9.17, 15) is 0 Å². The van der Waals surface area contributed by atoms with Crippen LogP contribution in [0.3, 0.4) is 0 Å². The SMILES string of the molecule is CC(=O)[O-].CCCCCCCC/C=C\CCCCCCCCOCCCCCCCC/C=C\CCCCCCCC.[K+]. The summed E-state index contributed by atoms with van der Waals surface area (Å²) in [5, 5.41) is 8.89. The molecule has 0 amide bonds. The first-order valence-electron chi connectivity index (χ1n) is 18.2. The number of allylic oxidation sites excluding steroid dienone is 4. The topological polar surface area (TPSA) is 49.4 Å². The van der Waals surface area contributed by atoms with Crippen molar-refractivity contribution in [2.45, 2.75) is 201 Å². The van der Waals surface area contributed by atoms with Gasteiger partial charge in [-0.2, -0.15) is 0 Å². The molecule has 0 unspecified atom stereocenters. The normalized spacial score (nSPS) is 11.1. The Hall–Kier alpha value is 0.546. The van der Waals surface area contributed by atoms with E-state index in [1.807, 2.05) is 0 Å². The maximum Gasteiger partial charge on any atom is 1.00 e. The van der Waals surface area contributed by atoms with Gasteiger partial charge in [-0.15, -0.1) is 0 Å². The Morgan fingerprint density at radius 3 is 0.929 bits per heavy atom. The van der Waals surface area contributed by atoms with E-state index in [0.29, 0.717) is 0 Å². The van der Waals surface area contributed by atoms with Crippen LogP contribution in [0, 0.1) is 0 Å². The van der Waals surface area contributed by atoms with Crippen molar-refractivity contribution >= 4 is 5.97 Å². The summed E-state index contributed by atoms with van der Waals surface area (Å²) in [6.07, 6.45) is 48.1. The number of carbonyl (C=O) groups is 1. The van der Waals surface area contributed by atoms with Crippen LogP contribution in [0.25, 0.3) is 0 Å². The van der Waals surface area contributed by atoms with E-state index in [2.05, 4.69) is 38.2 Å². The standard InChI is InChI=1S/C36H70O.C2H4O2.K/c1-3-5-7-9-11-13-15-17-19-21-23-25-27-29-31-33-35-37-36-34-32-30-28-26-24-22-20-18-16-14-12-10-8-6-4-2;1-2(3)4;/h17-20H,3-16,21-36H2,1-2H3;1H3,(H,3,4);/q;;+1/p-1/b19-17-,20-18-;;. The number of rotatable bonds is 32. The van der Waals surface area contributed by atoms with E-state index in [-0.39, 0.29) is 51.4 Å². The van der Waals surface area contributed by atoms with Gasteiger partial charge in [0.25, 0.3) is 0 Å². The van der Waals surface area contributed by atoms with Crippen LogP contribution >= 0.6 is 0 Å². The first-order chi connectivity index (χ1) is 20.1. The predicted molar refractivity (Wildman–Crippen MR) is 180 cm³/mol. The summed E-state index contributed by atoms with van der Waals surface area (Å²) in [5.41, 5.74) is 0. The third-order valence-corrected chi connectivity index (χ3v) is 7.60. The van der Waals surface area contributed by atoms with Gasteiger partial charge in [-0.25, -0.2) is 0 Å². The van der Waals surface area contributed by atoms with Crippen LogP contribution < -0.4 is 56.5 Å². The minimum absolute atomic E-state index is 0. The monoisotopic (exact) mass is 617 g/mol. The number of carboxylic acids is 1. The molecule has 0 aromatic carbocycles. The summed E-state index contributed by atoms with van der Waals surface area (Å²) in [5.74, 6) is -1.08. The first-order valence-corrected chi connectivity index (χ1v) is 18.2. The largest absolute Gasteiger partial charge is 1.00 e. The fraction of sp³-hybridized carbons (Fsp3) is 0.868. The zero-order valence-corrected chi connectivity index (χ0v) is 32.4. The Bertz CT molecular complexity index is 488. The smallest absolute Gasteiger partial charge is 0.550 e. The molecule has 0 aliphatic rings. The molecule has 0 rings (SSSR count). The van der Waals surface area contributed by atoms with E-state index < -0.39 is 5.97 Å². The molecule has 244 valence electrons. The molecule has 0 saturated carbocycles. The van der Waals surface area contributed by atoms with Crippen LogP contribution in [0.15, 0.2) is 24.3 Å². The molecule has 0 heterocycles. The van der Waals surface area contributed by atoms with Crippen LogP contribution in [0.4, 0.5) is 0 Å². The van der Waals surface area contributed by atoms with Gasteiger partial charge in [0.05, 0.1) is 0 Å². The van der Waals surface area contributed by atoms with Gasteiger partial charge in [0.1, 0.15) is 0 Å². The van der Waals surface area contributed by atoms with Gasteiger partial charge in [0, 0.05) is 19.2 Å². The molecule has 0 aliphatic heterocycles. The van der Waals surface area contributed by atoms with Gasteiger partial charge in [-0.3, -0.25) is 0 Å². The van der Waals surface area contributed by atoms with Crippen LogP contribution in [-0.2, 0) is 9.53 Å². The van der Waals surface area contributed by atoms with Crippen LogP contribution in [0.2, 0.25) is 0 Å². The van der Waals surface area contributed by atoms with Gasteiger partial charge in [-0.1, -0.05) is 154 Å². The average molecular weight is 617 g/mol. The van der Waals surface area contributed by atoms with Crippen molar-refractivity contribution in [3.63, 3.8) is 0 Å². The van der Waals surface area contributed by atoms with Crippen molar-refractivity contribution in [1.82, 2.24) is 0 Å². The van der Waals surface area contributed by atoms with Crippen molar-refractivity contribution in [3.8, 4) is 0 Å². The minimum atomic E-state index is -1.08. The van der Waals surface area contributed by atoms with Crippen LogP contribution in [0.1, 0.15) is 201 Å². The first kappa shape index (κ1) is 47.0. The second-order valence-electron chi connectivity index (χ2n) is 12.0. The molecular formula is C38H73KO3. The fourth-order valence-electron chi connectivity index (χ4n) is 5.01. The second-order valence-corrected chi connectivity index (χ2v) is 12.0. The van der Waals surface area contributed by atoms with Crippen molar-refractivity contribution in [1.29, 1.82) is 0 Å². The second kappa shape index (κ2) is 46.0. The van der Waals surface area contributed by atoms with E-state index in [4.69, 9.17) is 14.6 Å². The van der Waals surface area contributed by atoms with Gasteiger partial charge in [0.2, 0.25) is 0 Å². The molecule has 0 aromatic rings. The summed E-state index contributed by atoms with van der Waals surface area (Å²) in [4.78, 5) is 8.89. The Morgan fingerprint density at radius 1 is 0.452 bits per heavy atom. The fourth-order valence-corrected chi connectivity index (χ4v) is 5.01. The molecule has 0 atom stereocenters. The zero-order chi connectivity index (χ0) is 30.3. The third kappa shape index (κ3) is 53.1. The minimum Gasteiger partial charge on any atom is -0.550 e. The summed E-state index contributed by atoms with van der Waals surface area (Å²) < 4.78 is 5.85. The van der Waals surface area contributed by atoms with Crippen molar-refractivity contribution in [3.05, 3.63) is 24.3 Å². The number of unbranched alkanes of at least 4 members (excludes halogenated alkanes) is 24. The third-order valence-electron chi connectivity index (χ3n) is 7.60. The number of hydrogen-bond acceptors (Lipinski definition) is 3. The molecule has 0 N–H and O–H groups in total. The molecule has 4 heteroatoms. The molecular weight excluding hydrogens is 544 g/mol. The Morgan fingerprint density at radius 2 is 0.667 bits per heavy atom. The van der Waals surface area contributed by atoms with Crippen molar-refractivity contribution in [2.24, 2.45) is 0 Å². The predicted octanol–water partition coefficient (Wildman–Crippen LogP) is 8.84. The molecule has 0 bridgehead atoms. The summed E-state index contributed by atoms with van der Waals surface area (Å²) in [6, 6.07) is 0. The molecule has 0 spiro atoms. The van der Waals surface area contributed by atoms with Gasteiger partial charge in [-0.05, 0) is 71.1 Å². The number of carbonyl (C=O) groups excluding carboxylic acids is 1. The maximum absolute atomic E-state index is 8.89. The molecule has 3 nitrogen and oxygen atoms in total. The molecule has 0 aromatic heterocycles. The van der Waals surface area contributed by atoms with Crippen molar-refractivity contribution in [2.75, 3.05) is 13.2 Å². The Labute approximate surface area is 307 Å². The van der Waals surface area contributed by atoms with E-state index >= 15 is 0 Å². The molecule has 42 heavy (non-hydrogen) atoms. The van der Waals surface area contributed by atoms with Gasteiger partial charge < -0.3 is 14.6 Å². The van der Waals surface area contributed by atoms with Crippen LogP contribution in [0.5, 0.6) is 0 Å². The molecule has 0 fully saturated rings. The molecule has 0 aliphatic carbocycles. The number of hydrogen-bond donors (Lipinski definition) is 0. The number of ether oxygens (including phenoxy) is 1. The summed E-state index contributed by atoms with van der Waals surface area (Å²) >= 11 is 0. The molecule has 0 radical (unpaired) electrons. The number of carboxylic acid groups (broad SMARTS) is 1. The van der Waals surface area contributed by atoms with Crippen molar-refractivity contribution < 1.29 is 66.0 Å². The quantitative estimate of drug-likeness (QED) is 0.0431. The van der Waals surface area contributed by atoms with Gasteiger partial charge in [0.15, 0.2) is 0 Å². The summed E-state index contributed by atoms with van der Waals surface area (Å²) in [6.45, 7) is 7.51. The van der Waals surface area contributed by atoms with Gasteiger partial charge >= 0.3 is 51.4 Å². The van der Waals surface area contributed by atoms with Crippen LogP contribution in [-0.4, -0.2) is 19.2 Å². The number of aliphatic carboxylic acids is 1. The van der Waals surface area contributed by atoms with E-state index in [1.165, 1.54) is 180 Å². The zero-order valence-electron chi connectivity index (χ0n) is 29.2. The molecule has 0 saturated heterocycles. The average Bonchev–Trinajstić information content (AvgIpc) is 2.95. The van der Waals surface area contributed by atoms with E-state index in [0.717, 1.165) is 20.1 Å². The maximum atomic E-state index is 8.89. The Balaban J connectivity index is -0.00000284. The van der Waals surface area contributed by atoms with E-state index in [1.54, 1.807) is 0 Å². The summed E-state index contributed by atoms with van der Waals surface area (Å²) in [7, 11) is 0. The Kier molecular flexibility index (Phi) is 51.4.